The monoisotopic (exact) mass is 321 g/mol. The summed E-state index contributed by atoms with van der Waals surface area (Å²) in [5.74, 6) is 0.316. The Kier molecular flexibility index (Phi) is 4.37. The Balaban J connectivity index is 1.74. The molecule has 0 aliphatic rings. The number of nitrogens with zero attached hydrogens (tertiary/aromatic N) is 4. The van der Waals surface area contributed by atoms with Gasteiger partial charge >= 0.3 is 0 Å². The van der Waals surface area contributed by atoms with Gasteiger partial charge in [0.25, 0.3) is 5.91 Å². The maximum atomic E-state index is 12.4. The molecule has 1 amide bonds. The van der Waals surface area contributed by atoms with E-state index >= 15 is 0 Å². The molecule has 6 nitrogen and oxygen atoms in total. The smallest absolute Gasteiger partial charge is 0.250 e. The van der Waals surface area contributed by atoms with E-state index in [-0.39, 0.29) is 5.91 Å². The fraction of sp³-hybridized carbons (Fsp3) is 0.222. The second-order valence-electron chi connectivity index (χ2n) is 5.76. The van der Waals surface area contributed by atoms with Crippen molar-refractivity contribution in [1.82, 2.24) is 20.2 Å². The molecule has 0 aliphatic heterocycles. The fourth-order valence-electron chi connectivity index (χ4n) is 2.26. The number of hydrogen-bond acceptors (Lipinski definition) is 4. The molecular weight excluding hydrogens is 302 g/mol. The van der Waals surface area contributed by atoms with E-state index in [9.17, 15) is 4.79 Å². The first-order valence-electron chi connectivity index (χ1n) is 7.77. The molecule has 1 atom stereocenters. The lowest BCUT2D eigenvalue weighted by atomic mass is 10.1. The summed E-state index contributed by atoms with van der Waals surface area (Å²) < 4.78 is 0. The summed E-state index contributed by atoms with van der Waals surface area (Å²) in [5, 5.41) is 15.2. The molecule has 0 spiro atoms. The first-order valence-corrected chi connectivity index (χ1v) is 7.77. The van der Waals surface area contributed by atoms with Gasteiger partial charge in [0.05, 0.1) is 0 Å². The van der Waals surface area contributed by atoms with Crippen molar-refractivity contribution in [3.63, 3.8) is 0 Å². The minimum absolute atomic E-state index is 0.185. The highest BCUT2D eigenvalue weighted by Crippen LogP contribution is 2.17. The summed E-state index contributed by atoms with van der Waals surface area (Å²) in [6.45, 7) is 5.79. The maximum absolute atomic E-state index is 12.4. The van der Waals surface area contributed by atoms with Crippen LogP contribution >= 0.6 is 0 Å². The van der Waals surface area contributed by atoms with Gasteiger partial charge in [0.2, 0.25) is 5.82 Å². The Morgan fingerprint density at radius 3 is 2.54 bits per heavy atom. The summed E-state index contributed by atoms with van der Waals surface area (Å²) >= 11 is 0. The van der Waals surface area contributed by atoms with Gasteiger partial charge in [0.15, 0.2) is 0 Å². The number of carbonyl (C=O) groups is 1. The van der Waals surface area contributed by atoms with Gasteiger partial charge in [-0.15, -0.1) is 10.2 Å². The lowest BCUT2D eigenvalue weighted by molar-refractivity contribution is -0.119. The van der Waals surface area contributed by atoms with Crippen molar-refractivity contribution >= 4 is 11.6 Å². The van der Waals surface area contributed by atoms with Crippen molar-refractivity contribution < 1.29 is 4.79 Å². The number of carbonyl (C=O) groups excluding carboxylic acids is 1. The standard InChI is InChI=1S/C18H19N5O/c1-12-9-10-16(11-13(12)2)19-18(24)14(3)23-21-17(20-22-23)15-7-5-4-6-8-15/h4-11,14H,1-3H3,(H,19,24). The largest absolute Gasteiger partial charge is 0.324 e. The van der Waals surface area contributed by atoms with E-state index in [0.29, 0.717) is 5.82 Å². The van der Waals surface area contributed by atoms with Crippen LogP contribution in [0.1, 0.15) is 24.1 Å². The SMILES string of the molecule is Cc1ccc(NC(=O)C(C)n2nnc(-c3ccccc3)n2)cc1C. The van der Waals surface area contributed by atoms with Crippen LogP contribution in [0.15, 0.2) is 48.5 Å². The van der Waals surface area contributed by atoms with Gasteiger partial charge in [0, 0.05) is 11.3 Å². The molecule has 3 aromatic rings. The van der Waals surface area contributed by atoms with Crippen LogP contribution in [-0.4, -0.2) is 26.1 Å². The molecule has 1 heterocycles. The average Bonchev–Trinajstić information content (AvgIpc) is 3.08. The number of anilines is 1. The average molecular weight is 321 g/mol. The molecule has 0 bridgehead atoms. The molecule has 0 radical (unpaired) electrons. The molecule has 6 heteroatoms. The maximum Gasteiger partial charge on any atom is 0.250 e. The van der Waals surface area contributed by atoms with E-state index in [1.807, 2.05) is 62.4 Å². The molecule has 1 unspecified atom stereocenters. The van der Waals surface area contributed by atoms with Gasteiger partial charge in [-0.1, -0.05) is 36.4 Å². The number of amides is 1. The normalized spacial score (nSPS) is 12.0. The van der Waals surface area contributed by atoms with Gasteiger partial charge in [-0.25, -0.2) is 0 Å². The van der Waals surface area contributed by atoms with E-state index in [4.69, 9.17) is 0 Å². The number of hydrogen-bond donors (Lipinski definition) is 1. The van der Waals surface area contributed by atoms with E-state index in [2.05, 4.69) is 20.7 Å². The van der Waals surface area contributed by atoms with E-state index in [1.165, 1.54) is 10.4 Å². The van der Waals surface area contributed by atoms with E-state index in [1.54, 1.807) is 6.92 Å². The number of nitrogens with one attached hydrogen (secondary N) is 1. The Morgan fingerprint density at radius 1 is 1.08 bits per heavy atom. The van der Waals surface area contributed by atoms with Crippen LogP contribution in [0, 0.1) is 13.8 Å². The number of rotatable bonds is 4. The van der Waals surface area contributed by atoms with Crippen LogP contribution in [0.25, 0.3) is 11.4 Å². The van der Waals surface area contributed by atoms with Crippen molar-refractivity contribution in [2.45, 2.75) is 26.8 Å². The Hall–Kier alpha value is -3.02. The van der Waals surface area contributed by atoms with Gasteiger partial charge < -0.3 is 5.32 Å². The summed E-state index contributed by atoms with van der Waals surface area (Å²) in [7, 11) is 0. The van der Waals surface area contributed by atoms with Gasteiger partial charge in [0.1, 0.15) is 6.04 Å². The quantitative estimate of drug-likeness (QED) is 0.801. The minimum Gasteiger partial charge on any atom is -0.324 e. The molecule has 0 aliphatic carbocycles. The van der Waals surface area contributed by atoms with Crippen LogP contribution in [-0.2, 0) is 4.79 Å². The van der Waals surface area contributed by atoms with Crippen molar-refractivity contribution in [3.05, 3.63) is 59.7 Å². The van der Waals surface area contributed by atoms with Gasteiger partial charge in [-0.05, 0) is 49.2 Å². The van der Waals surface area contributed by atoms with Gasteiger partial charge in [-0.3, -0.25) is 4.79 Å². The van der Waals surface area contributed by atoms with Crippen LogP contribution in [0.2, 0.25) is 0 Å². The molecule has 122 valence electrons. The zero-order chi connectivity index (χ0) is 17.1. The summed E-state index contributed by atoms with van der Waals surface area (Å²) in [4.78, 5) is 13.7. The number of tetrazole rings is 1. The zero-order valence-electron chi connectivity index (χ0n) is 13.9. The third-order valence-electron chi connectivity index (χ3n) is 3.96. The predicted octanol–water partition coefficient (Wildman–Crippen LogP) is 3.16. The van der Waals surface area contributed by atoms with Crippen LogP contribution in [0.4, 0.5) is 5.69 Å². The number of aryl methyl sites for hydroxylation is 2. The highest BCUT2D eigenvalue weighted by molar-refractivity contribution is 5.93. The van der Waals surface area contributed by atoms with Crippen LogP contribution in [0.5, 0.6) is 0 Å². The molecule has 0 saturated heterocycles. The molecule has 0 saturated carbocycles. The van der Waals surface area contributed by atoms with E-state index < -0.39 is 6.04 Å². The molecular formula is C18H19N5O. The fourth-order valence-corrected chi connectivity index (χ4v) is 2.26. The molecule has 3 rings (SSSR count). The second kappa shape index (κ2) is 6.62. The van der Waals surface area contributed by atoms with Crippen molar-refractivity contribution in [1.29, 1.82) is 0 Å². The number of aromatic nitrogens is 4. The summed E-state index contributed by atoms with van der Waals surface area (Å²) in [6, 6.07) is 14.8. The second-order valence-corrected chi connectivity index (χ2v) is 5.76. The van der Waals surface area contributed by atoms with Crippen molar-refractivity contribution in [2.24, 2.45) is 0 Å². The van der Waals surface area contributed by atoms with Crippen LogP contribution in [0.3, 0.4) is 0 Å². The topological polar surface area (TPSA) is 72.7 Å². The highest BCUT2D eigenvalue weighted by Gasteiger charge is 2.19. The van der Waals surface area contributed by atoms with Crippen molar-refractivity contribution in [2.75, 3.05) is 5.32 Å². The van der Waals surface area contributed by atoms with Crippen LogP contribution < -0.4 is 5.32 Å². The van der Waals surface area contributed by atoms with E-state index in [0.717, 1.165) is 16.8 Å². The Labute approximate surface area is 140 Å². The highest BCUT2D eigenvalue weighted by atomic mass is 16.2. The molecule has 0 fully saturated rings. The predicted molar refractivity (Wildman–Crippen MR) is 92.5 cm³/mol. The first kappa shape index (κ1) is 15.9. The first-order chi connectivity index (χ1) is 11.5. The number of benzene rings is 2. The summed E-state index contributed by atoms with van der Waals surface area (Å²) in [6.07, 6.45) is 0. The third kappa shape index (κ3) is 3.32. The minimum atomic E-state index is -0.559. The summed E-state index contributed by atoms with van der Waals surface area (Å²) in [5.41, 5.74) is 3.95. The molecule has 24 heavy (non-hydrogen) atoms. The third-order valence-corrected chi connectivity index (χ3v) is 3.96. The lowest BCUT2D eigenvalue weighted by Crippen LogP contribution is -2.25. The molecule has 1 aromatic heterocycles. The Bertz CT molecular complexity index is 857. The van der Waals surface area contributed by atoms with Crippen molar-refractivity contribution in [3.8, 4) is 11.4 Å². The Morgan fingerprint density at radius 2 is 1.83 bits per heavy atom. The zero-order valence-corrected chi connectivity index (χ0v) is 13.9. The molecule has 1 N–H and O–H groups in total. The molecule has 2 aromatic carbocycles. The lowest BCUT2D eigenvalue weighted by Gasteiger charge is -2.12. The van der Waals surface area contributed by atoms with Gasteiger partial charge in [-0.2, -0.15) is 4.80 Å².